The molecule has 2 heteroatoms. The molecule has 2 nitrogen and oxygen atoms in total. The van der Waals surface area contributed by atoms with Crippen LogP contribution in [0.5, 0.6) is 0 Å². The monoisotopic (exact) mass is 218 g/mol. The van der Waals surface area contributed by atoms with Gasteiger partial charge in [0, 0.05) is 17.8 Å². The Morgan fingerprint density at radius 2 is 1.94 bits per heavy atom. The maximum atomic E-state index is 6.15. The number of hydrogen-bond acceptors (Lipinski definition) is 2. The molecule has 2 atom stereocenters. The summed E-state index contributed by atoms with van der Waals surface area (Å²) in [6.45, 7) is 4.33. The number of nitrogens with two attached hydrogens (primary N) is 1. The van der Waals surface area contributed by atoms with E-state index in [1.54, 1.807) is 0 Å². The van der Waals surface area contributed by atoms with Crippen LogP contribution in [0.3, 0.4) is 0 Å². The summed E-state index contributed by atoms with van der Waals surface area (Å²) < 4.78 is 0. The highest BCUT2D eigenvalue weighted by atomic mass is 15.0. The van der Waals surface area contributed by atoms with E-state index in [1.165, 1.54) is 36.1 Å². The predicted molar refractivity (Wildman–Crippen MR) is 69.8 cm³/mol. The number of rotatable bonds is 2. The van der Waals surface area contributed by atoms with Gasteiger partial charge in [-0.2, -0.15) is 0 Å². The van der Waals surface area contributed by atoms with Gasteiger partial charge in [0.05, 0.1) is 0 Å². The van der Waals surface area contributed by atoms with Crippen molar-refractivity contribution < 1.29 is 0 Å². The maximum Gasteiger partial charge on any atom is 0.0412 e. The molecule has 1 saturated carbocycles. The third kappa shape index (κ3) is 2.38. The highest BCUT2D eigenvalue weighted by molar-refractivity contribution is 5.54. The molecule has 0 aromatic heterocycles. The fraction of sp³-hybridized carbons (Fsp3) is 0.571. The molecule has 0 heterocycles. The van der Waals surface area contributed by atoms with Crippen LogP contribution >= 0.6 is 0 Å². The first-order valence-electron chi connectivity index (χ1n) is 6.27. The van der Waals surface area contributed by atoms with E-state index in [-0.39, 0.29) is 0 Å². The second kappa shape index (κ2) is 4.88. The molecule has 0 amide bonds. The first-order valence-corrected chi connectivity index (χ1v) is 6.27. The molecule has 0 unspecified atom stereocenters. The quantitative estimate of drug-likeness (QED) is 0.801. The zero-order valence-corrected chi connectivity index (χ0v) is 10.3. The van der Waals surface area contributed by atoms with Gasteiger partial charge >= 0.3 is 0 Å². The lowest BCUT2D eigenvalue weighted by Gasteiger charge is -2.30. The van der Waals surface area contributed by atoms with Crippen molar-refractivity contribution in [3.63, 3.8) is 0 Å². The van der Waals surface area contributed by atoms with Crippen molar-refractivity contribution in [2.75, 3.05) is 5.32 Å². The van der Waals surface area contributed by atoms with Crippen LogP contribution in [-0.2, 0) is 0 Å². The Morgan fingerprint density at radius 1 is 1.19 bits per heavy atom. The molecule has 1 aromatic rings. The topological polar surface area (TPSA) is 38.0 Å². The summed E-state index contributed by atoms with van der Waals surface area (Å²) in [5.41, 5.74) is 10.1. The van der Waals surface area contributed by atoms with E-state index in [0.717, 1.165) is 6.42 Å². The standard InChI is InChI=1S/C14H22N2/c1-10-6-5-9-13(11(10)2)16-14-8-4-3-7-12(14)15/h5-6,9,12,14,16H,3-4,7-8,15H2,1-2H3/t12-,14-/m0/s1. The molecule has 0 spiro atoms. The maximum absolute atomic E-state index is 6.15. The van der Waals surface area contributed by atoms with Crippen LogP contribution in [0, 0.1) is 13.8 Å². The smallest absolute Gasteiger partial charge is 0.0412 e. The first kappa shape index (κ1) is 11.5. The number of benzene rings is 1. The molecule has 0 aliphatic heterocycles. The van der Waals surface area contributed by atoms with E-state index in [2.05, 4.69) is 37.4 Å². The molecule has 16 heavy (non-hydrogen) atoms. The number of aryl methyl sites for hydroxylation is 1. The van der Waals surface area contributed by atoms with Crippen LogP contribution < -0.4 is 11.1 Å². The SMILES string of the molecule is Cc1cccc(N[C@H]2CCCC[C@@H]2N)c1C. The minimum Gasteiger partial charge on any atom is -0.381 e. The van der Waals surface area contributed by atoms with E-state index >= 15 is 0 Å². The lowest BCUT2D eigenvalue weighted by atomic mass is 9.90. The van der Waals surface area contributed by atoms with E-state index in [4.69, 9.17) is 5.73 Å². The fourth-order valence-corrected chi connectivity index (χ4v) is 2.45. The van der Waals surface area contributed by atoms with Gasteiger partial charge in [0.25, 0.3) is 0 Å². The van der Waals surface area contributed by atoms with Gasteiger partial charge in [0.15, 0.2) is 0 Å². The van der Waals surface area contributed by atoms with Crippen molar-refractivity contribution in [3.05, 3.63) is 29.3 Å². The van der Waals surface area contributed by atoms with Crippen LogP contribution in [-0.4, -0.2) is 12.1 Å². The average molecular weight is 218 g/mol. The second-order valence-corrected chi connectivity index (χ2v) is 4.95. The van der Waals surface area contributed by atoms with E-state index in [9.17, 15) is 0 Å². The molecule has 1 aromatic carbocycles. The normalized spacial score (nSPS) is 25.4. The molecular formula is C14H22N2. The molecule has 1 aliphatic rings. The van der Waals surface area contributed by atoms with E-state index in [1.807, 2.05) is 0 Å². The van der Waals surface area contributed by atoms with Crippen LogP contribution in [0.2, 0.25) is 0 Å². The third-order valence-electron chi connectivity index (χ3n) is 3.76. The Bertz CT molecular complexity index is 360. The number of nitrogens with one attached hydrogen (secondary N) is 1. The Kier molecular flexibility index (Phi) is 3.49. The second-order valence-electron chi connectivity index (χ2n) is 4.95. The Labute approximate surface area is 98.2 Å². The molecule has 3 N–H and O–H groups in total. The van der Waals surface area contributed by atoms with Gasteiger partial charge in [0.1, 0.15) is 0 Å². The zero-order chi connectivity index (χ0) is 11.5. The lowest BCUT2D eigenvalue weighted by Crippen LogP contribution is -2.42. The summed E-state index contributed by atoms with van der Waals surface area (Å²) in [5, 5.41) is 3.61. The Balaban J connectivity index is 2.10. The first-order chi connectivity index (χ1) is 7.68. The van der Waals surface area contributed by atoms with Crippen LogP contribution in [0.25, 0.3) is 0 Å². The van der Waals surface area contributed by atoms with Crippen molar-refractivity contribution in [1.82, 2.24) is 0 Å². The molecule has 1 aliphatic carbocycles. The molecule has 0 radical (unpaired) electrons. The van der Waals surface area contributed by atoms with Gasteiger partial charge < -0.3 is 11.1 Å². The zero-order valence-electron chi connectivity index (χ0n) is 10.3. The van der Waals surface area contributed by atoms with Crippen LogP contribution in [0.15, 0.2) is 18.2 Å². The van der Waals surface area contributed by atoms with Crippen LogP contribution in [0.1, 0.15) is 36.8 Å². The number of hydrogen-bond donors (Lipinski definition) is 2. The number of anilines is 1. The third-order valence-corrected chi connectivity index (χ3v) is 3.76. The summed E-state index contributed by atoms with van der Waals surface area (Å²) in [5.74, 6) is 0. The van der Waals surface area contributed by atoms with Crippen LogP contribution in [0.4, 0.5) is 5.69 Å². The largest absolute Gasteiger partial charge is 0.381 e. The van der Waals surface area contributed by atoms with Crippen molar-refractivity contribution in [3.8, 4) is 0 Å². The summed E-state index contributed by atoms with van der Waals surface area (Å²) in [6.07, 6.45) is 4.94. The molecular weight excluding hydrogens is 196 g/mol. The van der Waals surface area contributed by atoms with Gasteiger partial charge in [0.2, 0.25) is 0 Å². The average Bonchev–Trinajstić information content (AvgIpc) is 2.28. The summed E-state index contributed by atoms with van der Waals surface area (Å²) in [7, 11) is 0. The van der Waals surface area contributed by atoms with E-state index < -0.39 is 0 Å². The fourth-order valence-electron chi connectivity index (χ4n) is 2.45. The Morgan fingerprint density at radius 3 is 2.69 bits per heavy atom. The minimum absolute atomic E-state index is 0.314. The van der Waals surface area contributed by atoms with Crippen molar-refractivity contribution in [2.45, 2.75) is 51.6 Å². The van der Waals surface area contributed by atoms with Gasteiger partial charge in [-0.25, -0.2) is 0 Å². The van der Waals surface area contributed by atoms with Gasteiger partial charge in [-0.3, -0.25) is 0 Å². The summed E-state index contributed by atoms with van der Waals surface area (Å²) >= 11 is 0. The van der Waals surface area contributed by atoms with Crippen molar-refractivity contribution >= 4 is 5.69 Å². The molecule has 88 valence electrons. The Hall–Kier alpha value is -1.02. The lowest BCUT2D eigenvalue weighted by molar-refractivity contribution is 0.404. The van der Waals surface area contributed by atoms with Gasteiger partial charge in [-0.05, 0) is 43.9 Å². The molecule has 0 bridgehead atoms. The van der Waals surface area contributed by atoms with Crippen molar-refractivity contribution in [1.29, 1.82) is 0 Å². The predicted octanol–water partition coefficient (Wildman–Crippen LogP) is 2.99. The minimum atomic E-state index is 0.314. The van der Waals surface area contributed by atoms with Crippen molar-refractivity contribution in [2.24, 2.45) is 5.73 Å². The van der Waals surface area contributed by atoms with Gasteiger partial charge in [-0.15, -0.1) is 0 Å². The highest BCUT2D eigenvalue weighted by Gasteiger charge is 2.21. The molecule has 2 rings (SSSR count). The molecule has 1 fully saturated rings. The summed E-state index contributed by atoms with van der Waals surface area (Å²) in [6, 6.07) is 7.19. The summed E-state index contributed by atoms with van der Waals surface area (Å²) in [4.78, 5) is 0. The highest BCUT2D eigenvalue weighted by Crippen LogP contribution is 2.24. The van der Waals surface area contributed by atoms with Gasteiger partial charge in [-0.1, -0.05) is 25.0 Å². The van der Waals surface area contributed by atoms with E-state index in [0.29, 0.717) is 12.1 Å². The molecule has 0 saturated heterocycles.